The summed E-state index contributed by atoms with van der Waals surface area (Å²) in [5, 5.41) is 9.90. The van der Waals surface area contributed by atoms with E-state index in [1.54, 1.807) is 0 Å². The van der Waals surface area contributed by atoms with Crippen molar-refractivity contribution in [2.24, 2.45) is 5.41 Å². The van der Waals surface area contributed by atoms with E-state index >= 15 is 0 Å². The zero-order valence-corrected chi connectivity index (χ0v) is 14.0. The molecule has 0 heterocycles. The zero-order chi connectivity index (χ0) is 14.4. The number of halogens is 1. The molecule has 0 spiro atoms. The average molecular weight is 340 g/mol. The lowest BCUT2D eigenvalue weighted by Gasteiger charge is -2.35. The minimum absolute atomic E-state index is 0.118. The normalized spacial score (nSPS) is 19.0. The maximum atomic E-state index is 9.90. The van der Waals surface area contributed by atoms with Crippen LogP contribution in [0.25, 0.3) is 0 Å². The minimum atomic E-state index is 0.118. The lowest BCUT2D eigenvalue weighted by Crippen LogP contribution is -2.38. The first-order valence-corrected chi connectivity index (χ1v) is 8.47. The van der Waals surface area contributed by atoms with E-state index < -0.39 is 0 Å². The molecule has 0 bridgehead atoms. The number of hydrogen-bond donors (Lipinski definition) is 1. The topological polar surface area (TPSA) is 23.5 Å². The fourth-order valence-electron chi connectivity index (χ4n) is 3.39. The standard InChI is InChI=1S/C17H26BrNO/c1-19(12-15-8-4-5-9-16(15)18)13-17(14-20)10-6-2-3-7-11-17/h4-5,8-9,20H,2-3,6-7,10-14H2,1H3. The van der Waals surface area contributed by atoms with Crippen LogP contribution in [0.3, 0.4) is 0 Å². The van der Waals surface area contributed by atoms with Crippen LogP contribution >= 0.6 is 15.9 Å². The lowest BCUT2D eigenvalue weighted by molar-refractivity contribution is 0.0662. The van der Waals surface area contributed by atoms with Crippen molar-refractivity contribution in [2.75, 3.05) is 20.2 Å². The SMILES string of the molecule is CN(Cc1ccccc1Br)CC1(CO)CCCCCC1. The Morgan fingerprint density at radius 3 is 2.40 bits per heavy atom. The molecule has 1 fully saturated rings. The molecule has 0 radical (unpaired) electrons. The van der Waals surface area contributed by atoms with Gasteiger partial charge in [0.15, 0.2) is 0 Å². The van der Waals surface area contributed by atoms with E-state index in [1.165, 1.54) is 48.6 Å². The summed E-state index contributed by atoms with van der Waals surface area (Å²) in [5.41, 5.74) is 1.43. The van der Waals surface area contributed by atoms with Gasteiger partial charge in [0, 0.05) is 29.6 Å². The number of benzene rings is 1. The maximum Gasteiger partial charge on any atom is 0.0499 e. The molecule has 0 aromatic heterocycles. The summed E-state index contributed by atoms with van der Waals surface area (Å²) in [5.74, 6) is 0. The second kappa shape index (κ2) is 7.58. The van der Waals surface area contributed by atoms with Gasteiger partial charge in [-0.3, -0.25) is 0 Å². The quantitative estimate of drug-likeness (QED) is 0.812. The Balaban J connectivity index is 1.98. The van der Waals surface area contributed by atoms with Crippen LogP contribution in [-0.2, 0) is 6.54 Å². The molecule has 1 saturated carbocycles. The van der Waals surface area contributed by atoms with Crippen LogP contribution in [0.1, 0.15) is 44.1 Å². The Hall–Kier alpha value is -0.380. The van der Waals surface area contributed by atoms with Crippen molar-refractivity contribution in [1.82, 2.24) is 4.90 Å². The van der Waals surface area contributed by atoms with Crippen molar-refractivity contribution in [3.63, 3.8) is 0 Å². The maximum absolute atomic E-state index is 9.90. The number of aliphatic hydroxyl groups excluding tert-OH is 1. The van der Waals surface area contributed by atoms with Crippen LogP contribution in [0, 0.1) is 5.41 Å². The van der Waals surface area contributed by atoms with E-state index in [9.17, 15) is 5.11 Å². The monoisotopic (exact) mass is 339 g/mol. The smallest absolute Gasteiger partial charge is 0.0499 e. The van der Waals surface area contributed by atoms with Crippen molar-refractivity contribution in [2.45, 2.75) is 45.1 Å². The Kier molecular flexibility index (Phi) is 6.06. The van der Waals surface area contributed by atoms with E-state index in [4.69, 9.17) is 0 Å². The molecule has 0 atom stereocenters. The number of aliphatic hydroxyl groups is 1. The van der Waals surface area contributed by atoms with Gasteiger partial charge in [-0.15, -0.1) is 0 Å². The van der Waals surface area contributed by atoms with Gasteiger partial charge in [-0.05, 0) is 31.5 Å². The third kappa shape index (κ3) is 4.31. The molecule has 3 heteroatoms. The Morgan fingerprint density at radius 1 is 1.15 bits per heavy atom. The second-order valence-corrected chi connectivity index (χ2v) is 7.19. The third-order valence-corrected chi connectivity index (χ3v) is 5.28. The van der Waals surface area contributed by atoms with Gasteiger partial charge in [0.25, 0.3) is 0 Å². The molecular formula is C17H26BrNO. The summed E-state index contributed by atoms with van der Waals surface area (Å²) in [7, 11) is 2.17. The zero-order valence-electron chi connectivity index (χ0n) is 12.4. The molecule has 0 aliphatic heterocycles. The van der Waals surface area contributed by atoms with Gasteiger partial charge < -0.3 is 10.0 Å². The van der Waals surface area contributed by atoms with Gasteiger partial charge in [0.2, 0.25) is 0 Å². The molecule has 1 aromatic carbocycles. The van der Waals surface area contributed by atoms with Crippen LogP contribution in [0.15, 0.2) is 28.7 Å². The molecule has 1 aliphatic rings. The Bertz CT molecular complexity index is 413. The van der Waals surface area contributed by atoms with Gasteiger partial charge in [-0.2, -0.15) is 0 Å². The van der Waals surface area contributed by atoms with Crippen LogP contribution in [0.5, 0.6) is 0 Å². The first-order chi connectivity index (χ1) is 9.65. The molecule has 1 N–H and O–H groups in total. The molecule has 0 amide bonds. The summed E-state index contributed by atoms with van der Waals surface area (Å²) in [6.45, 7) is 2.25. The van der Waals surface area contributed by atoms with E-state index in [-0.39, 0.29) is 5.41 Å². The first kappa shape index (κ1) is 16.0. The molecule has 0 saturated heterocycles. The Labute approximate surface area is 131 Å². The Morgan fingerprint density at radius 2 is 1.80 bits per heavy atom. The van der Waals surface area contributed by atoms with Crippen LogP contribution in [0.4, 0.5) is 0 Å². The highest BCUT2D eigenvalue weighted by molar-refractivity contribution is 9.10. The number of hydrogen-bond acceptors (Lipinski definition) is 2. The van der Waals surface area contributed by atoms with Gasteiger partial charge in [0.05, 0.1) is 0 Å². The second-order valence-electron chi connectivity index (χ2n) is 6.34. The minimum Gasteiger partial charge on any atom is -0.396 e. The van der Waals surface area contributed by atoms with E-state index in [2.05, 4.69) is 46.1 Å². The molecule has 20 heavy (non-hydrogen) atoms. The third-order valence-electron chi connectivity index (χ3n) is 4.50. The molecule has 1 aromatic rings. The van der Waals surface area contributed by atoms with E-state index in [0.717, 1.165) is 13.1 Å². The summed E-state index contributed by atoms with van der Waals surface area (Å²) in [4.78, 5) is 2.36. The first-order valence-electron chi connectivity index (χ1n) is 7.68. The summed E-state index contributed by atoms with van der Waals surface area (Å²) in [6.07, 6.45) is 7.53. The summed E-state index contributed by atoms with van der Waals surface area (Å²) >= 11 is 3.62. The molecule has 2 rings (SSSR count). The highest BCUT2D eigenvalue weighted by atomic mass is 79.9. The molecule has 112 valence electrons. The molecule has 1 aliphatic carbocycles. The van der Waals surface area contributed by atoms with Crippen molar-refractivity contribution in [3.8, 4) is 0 Å². The predicted molar refractivity (Wildman–Crippen MR) is 87.7 cm³/mol. The lowest BCUT2D eigenvalue weighted by atomic mass is 9.80. The van der Waals surface area contributed by atoms with Crippen molar-refractivity contribution in [3.05, 3.63) is 34.3 Å². The number of nitrogens with zero attached hydrogens (tertiary/aromatic N) is 1. The van der Waals surface area contributed by atoms with Gasteiger partial charge in [-0.25, -0.2) is 0 Å². The molecule has 0 unspecified atom stereocenters. The molecule has 2 nitrogen and oxygen atoms in total. The van der Waals surface area contributed by atoms with Crippen LogP contribution < -0.4 is 0 Å². The van der Waals surface area contributed by atoms with Crippen LogP contribution in [0.2, 0.25) is 0 Å². The van der Waals surface area contributed by atoms with Gasteiger partial charge >= 0.3 is 0 Å². The predicted octanol–water partition coefficient (Wildman–Crippen LogP) is 4.21. The van der Waals surface area contributed by atoms with Gasteiger partial charge in [0.1, 0.15) is 0 Å². The highest BCUT2D eigenvalue weighted by Crippen LogP contribution is 2.35. The van der Waals surface area contributed by atoms with Crippen molar-refractivity contribution in [1.29, 1.82) is 0 Å². The summed E-state index contributed by atoms with van der Waals surface area (Å²) in [6, 6.07) is 8.39. The van der Waals surface area contributed by atoms with Crippen molar-refractivity contribution < 1.29 is 5.11 Å². The van der Waals surface area contributed by atoms with E-state index in [1.807, 2.05) is 6.07 Å². The highest BCUT2D eigenvalue weighted by Gasteiger charge is 2.31. The number of rotatable bonds is 5. The van der Waals surface area contributed by atoms with Gasteiger partial charge in [-0.1, -0.05) is 59.8 Å². The largest absolute Gasteiger partial charge is 0.396 e. The fraction of sp³-hybridized carbons (Fsp3) is 0.647. The van der Waals surface area contributed by atoms with Crippen molar-refractivity contribution >= 4 is 15.9 Å². The average Bonchev–Trinajstić information content (AvgIpc) is 2.67. The summed E-state index contributed by atoms with van der Waals surface area (Å²) < 4.78 is 1.17. The fourth-order valence-corrected chi connectivity index (χ4v) is 3.80. The van der Waals surface area contributed by atoms with Crippen LogP contribution in [-0.4, -0.2) is 30.2 Å². The van der Waals surface area contributed by atoms with E-state index in [0.29, 0.717) is 6.61 Å². The molecular weight excluding hydrogens is 314 g/mol.